The van der Waals surface area contributed by atoms with Crippen LogP contribution in [0.1, 0.15) is 91.9 Å². The van der Waals surface area contributed by atoms with E-state index in [0.717, 1.165) is 50.7 Å². The molecule has 9 heteroatoms. The Morgan fingerprint density at radius 1 is 1.14 bits per heavy atom. The number of terminal acetylenes is 1. The van der Waals surface area contributed by atoms with Crippen LogP contribution in [0, 0.1) is 46.8 Å². The second kappa shape index (κ2) is 11.3. The summed E-state index contributed by atoms with van der Waals surface area (Å²) in [7, 11) is 0. The molecule has 3 N–H and O–H groups in total. The third kappa shape index (κ3) is 5.04. The maximum Gasteiger partial charge on any atom is 0.326 e. The van der Waals surface area contributed by atoms with Gasteiger partial charge in [0.2, 0.25) is 5.91 Å². The topological polar surface area (TPSA) is 129 Å². The number of fused-ring (bicyclic) bond motifs is 5. The molecule has 42 heavy (non-hydrogen) atoms. The van der Waals surface area contributed by atoms with Gasteiger partial charge in [-0.25, -0.2) is 4.79 Å². The van der Waals surface area contributed by atoms with Crippen LogP contribution in [0.5, 0.6) is 0 Å². The minimum atomic E-state index is -1.02. The van der Waals surface area contributed by atoms with Crippen molar-refractivity contribution in [1.29, 1.82) is 0 Å². The number of carbonyl (C=O) groups excluding carboxylic acids is 2. The van der Waals surface area contributed by atoms with Crippen molar-refractivity contribution in [2.24, 2.45) is 39.7 Å². The number of hydrogen-bond acceptors (Lipinski definition) is 6. The van der Waals surface area contributed by atoms with E-state index < -0.39 is 29.6 Å². The van der Waals surface area contributed by atoms with E-state index in [0.29, 0.717) is 43.6 Å². The number of amides is 2. The summed E-state index contributed by atoms with van der Waals surface area (Å²) < 4.78 is 0. The van der Waals surface area contributed by atoms with E-state index in [1.807, 2.05) is 13.8 Å². The minimum absolute atomic E-state index is 0.0890. The highest BCUT2D eigenvalue weighted by molar-refractivity contribution is 5.96. The first-order valence-electron chi connectivity index (χ1n) is 15.8. The Morgan fingerprint density at radius 2 is 1.88 bits per heavy atom. The Morgan fingerprint density at radius 3 is 2.57 bits per heavy atom. The molecule has 0 unspecified atom stereocenters. The maximum absolute atomic E-state index is 13.1. The van der Waals surface area contributed by atoms with Crippen molar-refractivity contribution in [2.45, 2.75) is 110 Å². The molecule has 0 spiro atoms. The van der Waals surface area contributed by atoms with Gasteiger partial charge in [-0.15, -0.1) is 6.42 Å². The normalized spacial score (nSPS) is 39.0. The van der Waals surface area contributed by atoms with Gasteiger partial charge in [0.05, 0.1) is 5.71 Å². The van der Waals surface area contributed by atoms with Crippen molar-refractivity contribution in [2.75, 3.05) is 13.2 Å². The molecule has 0 aromatic rings. The Hall–Kier alpha value is -2.86. The van der Waals surface area contributed by atoms with E-state index in [9.17, 15) is 24.6 Å². The molecule has 5 aliphatic rings. The second-order valence-electron chi connectivity index (χ2n) is 14.2. The number of carbonyl (C=O) groups is 3. The van der Waals surface area contributed by atoms with Crippen LogP contribution in [0.2, 0.25) is 0 Å². The number of likely N-dealkylation sites (tertiary alicyclic amines) is 1. The van der Waals surface area contributed by atoms with E-state index in [1.165, 1.54) is 10.5 Å². The zero-order chi connectivity index (χ0) is 30.4. The standard InChI is InChI=1S/C33H47N3O6/c1-6-33(41)16-13-25-23-10-9-21-18-22(11-14-31(21,4)24(23)12-15-32(25,33)5)35-42-19-27(37)34-28(20(2)3)29(38)36-17-7-8-26(36)30(39)40/h1,18,20,23-26,28,41H,7-17,19H2,2-5H3,(H,34,37)(H,39,40)/b35-22-/t23-,24+,25-,26+,28+,31+,32+,33-/m1/s1. The second-order valence-corrected chi connectivity index (χ2v) is 14.2. The van der Waals surface area contributed by atoms with Crippen LogP contribution in [0.25, 0.3) is 0 Å². The van der Waals surface area contributed by atoms with Gasteiger partial charge in [0, 0.05) is 12.0 Å². The first-order chi connectivity index (χ1) is 19.8. The highest BCUT2D eigenvalue weighted by Gasteiger charge is 2.63. The lowest BCUT2D eigenvalue weighted by Gasteiger charge is -2.58. The number of nitrogens with one attached hydrogen (secondary N) is 1. The summed E-state index contributed by atoms with van der Waals surface area (Å²) in [4.78, 5) is 44.2. The predicted octanol–water partition coefficient (Wildman–Crippen LogP) is 3.90. The first-order valence-corrected chi connectivity index (χ1v) is 15.8. The third-order valence-electron chi connectivity index (χ3n) is 11.8. The Balaban J connectivity index is 1.19. The number of rotatable bonds is 7. The van der Waals surface area contributed by atoms with Gasteiger partial charge >= 0.3 is 5.97 Å². The quantitative estimate of drug-likeness (QED) is 0.309. The van der Waals surface area contributed by atoms with E-state index in [2.05, 4.69) is 36.3 Å². The Bertz CT molecular complexity index is 1220. The highest BCUT2D eigenvalue weighted by atomic mass is 16.6. The van der Waals surface area contributed by atoms with Crippen LogP contribution in [0.15, 0.2) is 16.8 Å². The zero-order valence-electron chi connectivity index (χ0n) is 25.5. The monoisotopic (exact) mass is 581 g/mol. The Labute approximate surface area is 249 Å². The fraction of sp³-hybridized carbons (Fsp3) is 0.758. The number of aliphatic hydroxyl groups is 1. The van der Waals surface area contributed by atoms with Gasteiger partial charge in [0.25, 0.3) is 5.91 Å². The molecule has 2 amide bonds. The lowest BCUT2D eigenvalue weighted by Crippen LogP contribution is -2.54. The average molecular weight is 582 g/mol. The molecule has 0 aromatic heterocycles. The number of nitrogens with zero attached hydrogens (tertiary/aromatic N) is 2. The highest BCUT2D eigenvalue weighted by Crippen LogP contribution is 2.67. The lowest BCUT2D eigenvalue weighted by atomic mass is 9.46. The van der Waals surface area contributed by atoms with Gasteiger partial charge in [-0.3, -0.25) is 9.59 Å². The molecule has 0 aromatic carbocycles. The van der Waals surface area contributed by atoms with Crippen LogP contribution in [-0.2, 0) is 19.2 Å². The maximum atomic E-state index is 13.1. The summed E-state index contributed by atoms with van der Waals surface area (Å²) in [5.41, 5.74) is 1.12. The van der Waals surface area contributed by atoms with Crippen LogP contribution >= 0.6 is 0 Å². The molecule has 5 rings (SSSR count). The van der Waals surface area contributed by atoms with Gasteiger partial charge in [-0.2, -0.15) is 0 Å². The zero-order valence-corrected chi connectivity index (χ0v) is 25.5. The van der Waals surface area contributed by atoms with Crippen molar-refractivity contribution in [3.8, 4) is 12.3 Å². The van der Waals surface area contributed by atoms with Gasteiger partial charge in [0.1, 0.15) is 17.7 Å². The molecular weight excluding hydrogens is 534 g/mol. The molecule has 3 saturated carbocycles. The first kappa shape index (κ1) is 30.6. The fourth-order valence-electron chi connectivity index (χ4n) is 9.26. The van der Waals surface area contributed by atoms with E-state index >= 15 is 0 Å². The smallest absolute Gasteiger partial charge is 0.326 e. The lowest BCUT2D eigenvalue weighted by molar-refractivity contribution is -0.150. The molecule has 0 radical (unpaired) electrons. The molecule has 4 fully saturated rings. The number of carboxylic acid groups (broad SMARTS) is 1. The summed E-state index contributed by atoms with van der Waals surface area (Å²) in [6.07, 6.45) is 16.6. The number of aliphatic carboxylic acids is 1. The van der Waals surface area contributed by atoms with Gasteiger partial charge in [0.15, 0.2) is 6.61 Å². The van der Waals surface area contributed by atoms with Crippen molar-refractivity contribution < 1.29 is 29.4 Å². The van der Waals surface area contributed by atoms with E-state index in [-0.39, 0.29) is 29.3 Å². The van der Waals surface area contributed by atoms with Crippen molar-refractivity contribution in [1.82, 2.24) is 10.2 Å². The van der Waals surface area contributed by atoms with Crippen LogP contribution in [-0.4, -0.2) is 69.4 Å². The summed E-state index contributed by atoms with van der Waals surface area (Å²) in [6.45, 7) is 8.32. The van der Waals surface area contributed by atoms with E-state index in [1.54, 1.807) is 0 Å². The molecule has 9 nitrogen and oxygen atoms in total. The molecule has 8 atom stereocenters. The summed E-state index contributed by atoms with van der Waals surface area (Å²) in [5, 5.41) is 27.7. The van der Waals surface area contributed by atoms with Crippen LogP contribution in [0.4, 0.5) is 0 Å². The molecule has 230 valence electrons. The minimum Gasteiger partial charge on any atom is -0.480 e. The van der Waals surface area contributed by atoms with E-state index in [4.69, 9.17) is 11.3 Å². The van der Waals surface area contributed by atoms with Gasteiger partial charge in [-0.1, -0.05) is 44.3 Å². The van der Waals surface area contributed by atoms with Gasteiger partial charge in [-0.05, 0) is 99.4 Å². The van der Waals surface area contributed by atoms with Crippen molar-refractivity contribution in [3.63, 3.8) is 0 Å². The van der Waals surface area contributed by atoms with Gasteiger partial charge < -0.3 is 25.3 Å². The van der Waals surface area contributed by atoms with Crippen molar-refractivity contribution in [3.05, 3.63) is 11.6 Å². The van der Waals surface area contributed by atoms with Crippen molar-refractivity contribution >= 4 is 23.5 Å². The molecule has 0 bridgehead atoms. The molecule has 1 heterocycles. The summed E-state index contributed by atoms with van der Waals surface area (Å²) in [6, 6.07) is -1.67. The average Bonchev–Trinajstić information content (AvgIpc) is 3.55. The number of hydrogen-bond donors (Lipinski definition) is 3. The molecular formula is C33H47N3O6. The van der Waals surface area contributed by atoms with Crippen LogP contribution in [0.3, 0.4) is 0 Å². The predicted molar refractivity (Wildman–Crippen MR) is 158 cm³/mol. The molecule has 1 aliphatic heterocycles. The number of oxime groups is 1. The Kier molecular flexibility index (Phi) is 8.25. The number of carboxylic acids is 1. The third-order valence-corrected chi connectivity index (χ3v) is 11.8. The molecule has 1 saturated heterocycles. The number of allylic oxidation sites excluding steroid dienone is 2. The largest absolute Gasteiger partial charge is 0.480 e. The summed E-state index contributed by atoms with van der Waals surface area (Å²) in [5.74, 6) is 2.29. The molecule has 4 aliphatic carbocycles. The summed E-state index contributed by atoms with van der Waals surface area (Å²) >= 11 is 0. The fourth-order valence-corrected chi connectivity index (χ4v) is 9.26. The van der Waals surface area contributed by atoms with Crippen LogP contribution < -0.4 is 5.32 Å². The SMILES string of the molecule is C#C[C@@]1(O)CC[C@@H]2[C@@H]3CCC4=C/C(=N\OCC(=O)N[C@H](C(=O)N5CCC[C@H]5C(=O)O)C(C)C)CC[C@]4(C)[C@H]3CC[C@@]21C.